The second kappa shape index (κ2) is 8.83. The van der Waals surface area contributed by atoms with Gasteiger partial charge >= 0.3 is 0 Å². The number of fused-ring (bicyclic) bond motifs is 1. The molecule has 0 aliphatic carbocycles. The van der Waals surface area contributed by atoms with Crippen molar-refractivity contribution in [1.29, 1.82) is 0 Å². The summed E-state index contributed by atoms with van der Waals surface area (Å²) in [7, 11) is -0.101. The van der Waals surface area contributed by atoms with Crippen LogP contribution in [0.1, 0.15) is 0 Å². The lowest BCUT2D eigenvalue weighted by Gasteiger charge is -2.11. The van der Waals surface area contributed by atoms with Gasteiger partial charge in [0, 0.05) is 15.2 Å². The van der Waals surface area contributed by atoms with E-state index in [0.29, 0.717) is 36.5 Å². The molecule has 1 heterocycles. The highest BCUT2D eigenvalue weighted by molar-refractivity contribution is 7.86. The zero-order valence-corrected chi connectivity index (χ0v) is 18.3. The standard InChI is InChI=1S/C22H18N2O5S2/c1-28-14-3-7-16(8-4-14)30(26)19-11-12-20(21-18(19)13-23-24-22(21)25)31(27)17-9-5-15(29-2)6-10-17/h3-13H,1-2H3,(H,24,25). The van der Waals surface area contributed by atoms with E-state index in [4.69, 9.17) is 9.47 Å². The molecule has 2 unspecified atom stereocenters. The summed E-state index contributed by atoms with van der Waals surface area (Å²) in [6, 6.07) is 16.8. The summed E-state index contributed by atoms with van der Waals surface area (Å²) in [5.74, 6) is 1.28. The lowest BCUT2D eigenvalue weighted by atomic mass is 10.2. The van der Waals surface area contributed by atoms with Crippen LogP contribution in [0.25, 0.3) is 10.8 Å². The third-order valence-corrected chi connectivity index (χ3v) is 7.60. The highest BCUT2D eigenvalue weighted by Gasteiger charge is 2.19. The van der Waals surface area contributed by atoms with E-state index >= 15 is 0 Å². The maximum absolute atomic E-state index is 13.2. The third-order valence-electron chi connectivity index (χ3n) is 4.70. The number of hydrogen-bond donors (Lipinski definition) is 1. The summed E-state index contributed by atoms with van der Waals surface area (Å²) in [6.45, 7) is 0. The number of nitrogens with zero attached hydrogens (tertiary/aromatic N) is 1. The van der Waals surface area contributed by atoms with Crippen molar-refractivity contribution >= 4 is 32.4 Å². The Labute approximate surface area is 183 Å². The lowest BCUT2D eigenvalue weighted by Crippen LogP contribution is -2.12. The van der Waals surface area contributed by atoms with Crippen LogP contribution in [0.2, 0.25) is 0 Å². The number of hydrogen-bond acceptors (Lipinski definition) is 6. The second-order valence-corrected chi connectivity index (χ2v) is 9.34. The molecule has 1 aromatic heterocycles. The fourth-order valence-electron chi connectivity index (χ4n) is 3.12. The Morgan fingerprint density at radius 3 is 1.74 bits per heavy atom. The molecule has 0 saturated carbocycles. The first-order valence-corrected chi connectivity index (χ1v) is 11.5. The summed E-state index contributed by atoms with van der Waals surface area (Å²) in [5, 5.41) is 6.83. The smallest absolute Gasteiger partial charge is 0.273 e. The zero-order valence-electron chi connectivity index (χ0n) is 16.7. The van der Waals surface area contributed by atoms with Crippen molar-refractivity contribution in [3.05, 3.63) is 77.2 Å². The fourth-order valence-corrected chi connectivity index (χ4v) is 5.52. The maximum atomic E-state index is 13.2. The Balaban J connectivity index is 1.83. The second-order valence-electron chi connectivity index (χ2n) is 6.44. The third kappa shape index (κ3) is 4.01. The molecule has 3 aromatic carbocycles. The lowest BCUT2D eigenvalue weighted by molar-refractivity contribution is 0.414. The quantitative estimate of drug-likeness (QED) is 0.480. The first-order chi connectivity index (χ1) is 15.0. The molecule has 0 aliphatic rings. The molecule has 4 aromatic rings. The van der Waals surface area contributed by atoms with Gasteiger partial charge in [-0.25, -0.2) is 13.5 Å². The summed E-state index contributed by atoms with van der Waals surface area (Å²) >= 11 is 0. The molecule has 7 nitrogen and oxygen atoms in total. The highest BCUT2D eigenvalue weighted by Crippen LogP contribution is 2.30. The van der Waals surface area contributed by atoms with Gasteiger partial charge in [-0.3, -0.25) is 4.79 Å². The minimum absolute atomic E-state index is 0.198. The molecule has 1 N–H and O–H groups in total. The number of nitrogens with one attached hydrogen (secondary N) is 1. The SMILES string of the molecule is COc1ccc(S(=O)c2ccc(S(=O)c3ccc(OC)cc3)c3c(=O)[nH]ncc23)cc1. The van der Waals surface area contributed by atoms with Crippen molar-refractivity contribution in [2.24, 2.45) is 0 Å². The van der Waals surface area contributed by atoms with Gasteiger partial charge in [0.15, 0.2) is 0 Å². The Morgan fingerprint density at radius 2 is 1.23 bits per heavy atom. The Bertz CT molecular complexity index is 1350. The van der Waals surface area contributed by atoms with E-state index in [0.717, 1.165) is 0 Å². The van der Waals surface area contributed by atoms with Crippen molar-refractivity contribution in [2.75, 3.05) is 14.2 Å². The van der Waals surface area contributed by atoms with E-state index in [1.807, 2.05) is 0 Å². The molecular formula is C22H18N2O5S2. The molecule has 0 aliphatic heterocycles. The molecule has 31 heavy (non-hydrogen) atoms. The Morgan fingerprint density at radius 1 is 0.742 bits per heavy atom. The Hall–Kier alpha value is -3.30. The van der Waals surface area contributed by atoms with Gasteiger partial charge in [-0.15, -0.1) is 0 Å². The molecule has 0 radical (unpaired) electrons. The van der Waals surface area contributed by atoms with E-state index in [9.17, 15) is 13.2 Å². The zero-order chi connectivity index (χ0) is 22.0. The van der Waals surface area contributed by atoms with Gasteiger partial charge in [0.1, 0.15) is 11.5 Å². The summed E-state index contributed by atoms with van der Waals surface area (Å²) in [5.41, 5.74) is -0.497. The van der Waals surface area contributed by atoms with E-state index in [1.54, 1.807) is 74.9 Å². The number of H-pyrrole nitrogens is 1. The van der Waals surface area contributed by atoms with Crippen molar-refractivity contribution in [1.82, 2.24) is 10.2 Å². The van der Waals surface area contributed by atoms with E-state index in [1.165, 1.54) is 6.20 Å². The van der Waals surface area contributed by atoms with E-state index in [2.05, 4.69) is 10.2 Å². The largest absolute Gasteiger partial charge is 0.497 e. The average molecular weight is 455 g/mol. The number of aromatic nitrogens is 2. The van der Waals surface area contributed by atoms with Crippen LogP contribution >= 0.6 is 0 Å². The molecule has 0 amide bonds. The summed E-state index contributed by atoms with van der Waals surface area (Å²) in [6.07, 6.45) is 1.43. The number of benzene rings is 3. The van der Waals surface area contributed by atoms with Crippen molar-refractivity contribution < 1.29 is 17.9 Å². The van der Waals surface area contributed by atoms with Gasteiger partial charge in [0.25, 0.3) is 5.56 Å². The highest BCUT2D eigenvalue weighted by atomic mass is 32.2. The molecule has 4 rings (SSSR count). The molecule has 0 saturated heterocycles. The minimum Gasteiger partial charge on any atom is -0.497 e. The normalized spacial score (nSPS) is 13.0. The molecular weight excluding hydrogens is 436 g/mol. The van der Waals surface area contributed by atoms with Gasteiger partial charge in [-0.2, -0.15) is 5.10 Å². The van der Waals surface area contributed by atoms with Crippen LogP contribution < -0.4 is 15.0 Å². The van der Waals surface area contributed by atoms with Crippen molar-refractivity contribution in [2.45, 2.75) is 19.6 Å². The van der Waals surface area contributed by atoms with Crippen molar-refractivity contribution in [3.63, 3.8) is 0 Å². The van der Waals surface area contributed by atoms with Crippen LogP contribution in [0, 0.1) is 0 Å². The van der Waals surface area contributed by atoms with Crippen LogP contribution in [-0.4, -0.2) is 32.8 Å². The molecule has 9 heteroatoms. The van der Waals surface area contributed by atoms with Gasteiger partial charge in [0.05, 0.1) is 57.2 Å². The average Bonchev–Trinajstić information content (AvgIpc) is 2.83. The topological polar surface area (TPSA) is 98.4 Å². The predicted molar refractivity (Wildman–Crippen MR) is 118 cm³/mol. The first-order valence-electron chi connectivity index (χ1n) is 9.15. The summed E-state index contributed by atoms with van der Waals surface area (Å²) < 4.78 is 36.8. The summed E-state index contributed by atoms with van der Waals surface area (Å²) in [4.78, 5) is 14.4. The molecule has 2 atom stereocenters. The van der Waals surface area contributed by atoms with E-state index < -0.39 is 27.2 Å². The molecule has 0 bridgehead atoms. The fraction of sp³-hybridized carbons (Fsp3) is 0.0909. The number of aromatic amines is 1. The van der Waals surface area contributed by atoms with Crippen LogP contribution in [0.5, 0.6) is 11.5 Å². The van der Waals surface area contributed by atoms with Crippen LogP contribution in [0.3, 0.4) is 0 Å². The Kier molecular flexibility index (Phi) is 5.97. The van der Waals surface area contributed by atoms with Gasteiger partial charge in [0.2, 0.25) is 0 Å². The monoisotopic (exact) mass is 454 g/mol. The molecule has 158 valence electrons. The van der Waals surface area contributed by atoms with Crippen LogP contribution in [-0.2, 0) is 21.6 Å². The van der Waals surface area contributed by atoms with Gasteiger partial charge < -0.3 is 9.47 Å². The number of ether oxygens (including phenoxy) is 2. The number of rotatable bonds is 6. The van der Waals surface area contributed by atoms with Crippen LogP contribution in [0.4, 0.5) is 0 Å². The van der Waals surface area contributed by atoms with Crippen LogP contribution in [0.15, 0.2) is 91.2 Å². The van der Waals surface area contributed by atoms with Crippen molar-refractivity contribution in [3.8, 4) is 11.5 Å². The number of methoxy groups -OCH3 is 2. The first kappa shape index (κ1) is 21.0. The predicted octanol–water partition coefficient (Wildman–Crippen LogP) is 3.27. The molecule has 0 fully saturated rings. The van der Waals surface area contributed by atoms with Gasteiger partial charge in [-0.1, -0.05) is 0 Å². The maximum Gasteiger partial charge on any atom is 0.273 e. The minimum atomic E-state index is -1.63. The van der Waals surface area contributed by atoms with E-state index in [-0.39, 0.29) is 5.39 Å². The molecule has 0 spiro atoms. The van der Waals surface area contributed by atoms with Gasteiger partial charge in [-0.05, 0) is 60.7 Å².